The molecule has 7 fully saturated rings. The number of fused-ring (bicyclic) bond motifs is 2. The Kier molecular flexibility index (Phi) is 9.23. The highest BCUT2D eigenvalue weighted by Crippen LogP contribution is 2.74. The molecule has 2 aromatic carbocycles. The minimum atomic E-state index is -1.82. The number of benzene rings is 2. The van der Waals surface area contributed by atoms with Crippen LogP contribution in [0.2, 0.25) is 0 Å². The molecule has 12 unspecified atom stereocenters. The first-order valence-corrected chi connectivity index (χ1v) is 22.5. The van der Waals surface area contributed by atoms with Crippen LogP contribution in [0.25, 0.3) is 10.8 Å². The Bertz CT molecular complexity index is 2330. The minimum Gasteiger partial charge on any atom is -0.507 e. The number of hydrogen-bond donors (Lipinski definition) is 9. The van der Waals surface area contributed by atoms with Gasteiger partial charge in [0.25, 0.3) is 0 Å². The monoisotopic (exact) mass is 858 g/mol. The fraction of sp³-hybridized carbons (Fsp3) is 0.660. The summed E-state index contributed by atoms with van der Waals surface area (Å²) in [5.41, 5.74) is 8.47. The molecule has 0 radical (unpaired) electrons. The van der Waals surface area contributed by atoms with Gasteiger partial charge in [-0.25, -0.2) is 4.79 Å². The highest BCUT2D eigenvalue weighted by Gasteiger charge is 2.75. The molecule has 9 aliphatic rings. The molecule has 0 aromatic heterocycles. The number of phenols is 2. The molecule has 12 atom stereocenters. The number of hydrogen-bond acceptors (Lipinski definition) is 14. The summed E-state index contributed by atoms with van der Waals surface area (Å²) in [6.07, 6.45) is 6.27. The quantitative estimate of drug-likeness (QED) is 0.143. The van der Waals surface area contributed by atoms with E-state index in [2.05, 4.69) is 16.9 Å². The summed E-state index contributed by atoms with van der Waals surface area (Å²) in [4.78, 5) is 25.0. The van der Waals surface area contributed by atoms with Gasteiger partial charge < -0.3 is 54.7 Å². The number of aliphatic hydroxyl groups is 4. The Labute approximate surface area is 359 Å². The summed E-state index contributed by atoms with van der Waals surface area (Å²) in [6.45, 7) is 3.21. The molecule has 334 valence electrons. The van der Waals surface area contributed by atoms with Crippen molar-refractivity contribution in [2.75, 3.05) is 33.0 Å². The number of carbonyl (C=O) groups is 2. The second-order valence-electron chi connectivity index (χ2n) is 20.6. The zero-order chi connectivity index (χ0) is 43.3. The Morgan fingerprint density at radius 1 is 1.03 bits per heavy atom. The second-order valence-corrected chi connectivity index (χ2v) is 20.6. The van der Waals surface area contributed by atoms with Gasteiger partial charge in [-0.2, -0.15) is 0 Å². The summed E-state index contributed by atoms with van der Waals surface area (Å²) in [7, 11) is 0. The van der Waals surface area contributed by atoms with Gasteiger partial charge in [-0.1, -0.05) is 18.9 Å². The normalized spacial score (nSPS) is 41.2. The predicted octanol–water partition coefficient (Wildman–Crippen LogP) is 3.67. The van der Waals surface area contributed by atoms with E-state index >= 15 is 0 Å². The number of nitrogens with one attached hydrogen (secondary N) is 2. The molecule has 11 rings (SSSR count). The molecule has 15 nitrogen and oxygen atoms in total. The largest absolute Gasteiger partial charge is 0.507 e. The minimum absolute atomic E-state index is 0.00245. The number of carboxylic acids is 1. The Morgan fingerprint density at radius 2 is 1.82 bits per heavy atom. The first-order valence-electron chi connectivity index (χ1n) is 22.5. The molecule has 62 heavy (non-hydrogen) atoms. The molecular formula is C47H58N2O13. The maximum absolute atomic E-state index is 12.7. The Balaban J connectivity index is 1.00. The summed E-state index contributed by atoms with van der Waals surface area (Å²) in [6, 6.07) is 2.52. The number of hydrazine groups is 1. The number of allylic oxidation sites excluding steroid dienone is 1. The lowest BCUT2D eigenvalue weighted by molar-refractivity contribution is -0.327. The highest BCUT2D eigenvalue weighted by atomic mass is 16.7. The fourth-order valence-electron chi connectivity index (χ4n) is 15.7. The van der Waals surface area contributed by atoms with E-state index in [1.165, 1.54) is 45.1 Å². The lowest BCUT2D eigenvalue weighted by atomic mass is 9.39. The molecule has 2 bridgehead atoms. The second kappa shape index (κ2) is 13.9. The van der Waals surface area contributed by atoms with Crippen molar-refractivity contribution < 1.29 is 64.3 Å². The lowest BCUT2D eigenvalue weighted by Crippen LogP contribution is -2.81. The average molecular weight is 859 g/mol. The maximum atomic E-state index is 12.7. The van der Waals surface area contributed by atoms with E-state index in [0.29, 0.717) is 31.5 Å². The summed E-state index contributed by atoms with van der Waals surface area (Å²) in [5, 5.41) is 79.2. The van der Waals surface area contributed by atoms with Crippen molar-refractivity contribution in [3.63, 3.8) is 0 Å². The van der Waals surface area contributed by atoms with Crippen molar-refractivity contribution >= 4 is 22.5 Å². The van der Waals surface area contributed by atoms with Crippen molar-refractivity contribution in [1.29, 1.82) is 0 Å². The molecule has 4 spiro atoms. The van der Waals surface area contributed by atoms with Gasteiger partial charge in [-0.3, -0.25) is 15.6 Å². The van der Waals surface area contributed by atoms with Crippen LogP contribution in [-0.2, 0) is 14.2 Å². The van der Waals surface area contributed by atoms with Gasteiger partial charge in [-0.15, -0.1) is 0 Å². The number of aromatic carboxylic acids is 1. The van der Waals surface area contributed by atoms with E-state index in [4.69, 9.17) is 18.9 Å². The van der Waals surface area contributed by atoms with Crippen LogP contribution in [0.15, 0.2) is 34.9 Å². The maximum Gasteiger partial charge on any atom is 0.335 e. The number of rotatable bonds is 7. The third-order valence-electron chi connectivity index (χ3n) is 17.7. The molecule has 4 aliphatic heterocycles. The summed E-state index contributed by atoms with van der Waals surface area (Å²) in [5.74, 6) is -3.26. The average Bonchev–Trinajstić information content (AvgIpc) is 3.93. The topological polar surface area (TPSA) is 237 Å². The van der Waals surface area contributed by atoms with Crippen molar-refractivity contribution in [3.8, 4) is 17.2 Å². The van der Waals surface area contributed by atoms with Crippen LogP contribution in [0.5, 0.6) is 17.2 Å². The number of carbonyl (C=O) groups excluding carboxylic acids is 1. The third-order valence-corrected chi connectivity index (χ3v) is 17.7. The van der Waals surface area contributed by atoms with Gasteiger partial charge in [0.2, 0.25) is 6.29 Å². The molecule has 5 aliphatic carbocycles. The zero-order valence-electron chi connectivity index (χ0n) is 35.2. The van der Waals surface area contributed by atoms with Crippen LogP contribution < -0.4 is 15.6 Å². The molecular weight excluding hydrogens is 801 g/mol. The van der Waals surface area contributed by atoms with E-state index in [0.717, 1.165) is 49.0 Å². The number of phenolic OH excluding ortho intramolecular Hbond substituents is 2. The first kappa shape index (κ1) is 41.1. The molecule has 3 saturated heterocycles. The van der Waals surface area contributed by atoms with Crippen molar-refractivity contribution in [2.45, 2.75) is 126 Å². The lowest BCUT2D eigenvalue weighted by Gasteiger charge is -2.71. The van der Waals surface area contributed by atoms with E-state index in [1.807, 2.05) is 0 Å². The number of aliphatic hydroxyl groups excluding tert-OH is 4. The fourth-order valence-corrected chi connectivity index (χ4v) is 15.7. The van der Waals surface area contributed by atoms with E-state index < -0.39 is 71.0 Å². The Morgan fingerprint density at radius 3 is 2.55 bits per heavy atom. The number of aromatic hydroxyl groups is 2. The van der Waals surface area contributed by atoms with Crippen LogP contribution in [0.4, 0.5) is 0 Å². The molecule has 9 N–H and O–H groups in total. The number of carboxylic acid groups (broad SMARTS) is 1. The van der Waals surface area contributed by atoms with Gasteiger partial charge in [-0.05, 0) is 123 Å². The molecule has 4 saturated carbocycles. The van der Waals surface area contributed by atoms with Gasteiger partial charge in [0, 0.05) is 47.1 Å². The van der Waals surface area contributed by atoms with E-state index in [9.17, 15) is 45.3 Å². The van der Waals surface area contributed by atoms with E-state index in [-0.39, 0.29) is 82.1 Å². The molecule has 15 heteroatoms. The zero-order valence-corrected chi connectivity index (χ0v) is 35.2. The van der Waals surface area contributed by atoms with Gasteiger partial charge in [0.15, 0.2) is 5.78 Å². The summed E-state index contributed by atoms with van der Waals surface area (Å²) < 4.78 is 26.2. The van der Waals surface area contributed by atoms with E-state index in [1.54, 1.807) is 0 Å². The van der Waals surface area contributed by atoms with Crippen LogP contribution in [0.3, 0.4) is 0 Å². The van der Waals surface area contributed by atoms with Crippen molar-refractivity contribution in [3.05, 3.63) is 51.6 Å². The summed E-state index contributed by atoms with van der Waals surface area (Å²) >= 11 is 0. The van der Waals surface area contributed by atoms with Crippen LogP contribution >= 0.6 is 0 Å². The SMILES string of the molecule is CC(=O)c1c(C)c(O)c2cc(C(=O)O)cc(OC3OC(CO)C4(CC5C6=C(CC=C6C6(CCO)COCC7CC89CC%10(CCCC%10)CC8NNC5(C9)C76)CO4)C(O)C3O)c2c1O. The van der Waals surface area contributed by atoms with Gasteiger partial charge >= 0.3 is 5.97 Å². The number of Topliss-reactive ketones (excluding diaryl/α,β-unsaturated/α-hetero) is 1. The van der Waals surface area contributed by atoms with Crippen LogP contribution in [0, 0.1) is 40.9 Å². The molecule has 2 aromatic rings. The number of ketones is 1. The van der Waals surface area contributed by atoms with Crippen LogP contribution in [0.1, 0.15) is 104 Å². The predicted molar refractivity (Wildman–Crippen MR) is 220 cm³/mol. The molecule has 0 amide bonds. The van der Waals surface area contributed by atoms with Crippen LogP contribution in [-0.4, -0.2) is 122 Å². The first-order chi connectivity index (χ1) is 29.7. The smallest absolute Gasteiger partial charge is 0.335 e. The molecule has 4 heterocycles. The van der Waals surface area contributed by atoms with Gasteiger partial charge in [0.1, 0.15) is 41.2 Å². The Hall–Kier alpha value is -3.64. The van der Waals surface area contributed by atoms with Gasteiger partial charge in [0.05, 0.1) is 36.3 Å². The van der Waals surface area contributed by atoms with Crippen molar-refractivity contribution in [2.24, 2.45) is 34.0 Å². The standard InChI is InChI=1S/C47H58N2O13/c1-22-33(23(2)52)37(54)35-27(36(22)53)11-25(41(57)58)12-30(35)61-42-38(55)40(56)47(32(16-51)62-42)14-29-34-24(18-60-47)5-6-28(34)45(9-10-50)21-59-17-26-13-44-19-43(7-3-4-8-43)15-31(44)48-49-46(29,20-44)39(26)45/h6,11-12,26,29,31-32,38-40,42,48-51,53-56H,3-5,7-10,13-21H2,1-2H3,(H,57,58). The number of ether oxygens (including phenoxy) is 4. The highest BCUT2D eigenvalue weighted by molar-refractivity contribution is 6.11. The third kappa shape index (κ3) is 5.31. The van der Waals surface area contributed by atoms with Crippen molar-refractivity contribution in [1.82, 2.24) is 10.9 Å².